The quantitative estimate of drug-likeness (QED) is 0.647. The second kappa shape index (κ2) is 9.37. The van der Waals surface area contributed by atoms with Crippen molar-refractivity contribution in [1.82, 2.24) is 9.96 Å². The Balaban J connectivity index is 1.70. The summed E-state index contributed by atoms with van der Waals surface area (Å²) < 4.78 is 16.3. The van der Waals surface area contributed by atoms with Crippen LogP contribution in [0.3, 0.4) is 0 Å². The maximum absolute atomic E-state index is 6.02. The van der Waals surface area contributed by atoms with Gasteiger partial charge in [0.25, 0.3) is 0 Å². The molecule has 1 unspecified atom stereocenters. The van der Waals surface area contributed by atoms with Gasteiger partial charge in [0.05, 0.1) is 27.9 Å². The highest BCUT2D eigenvalue weighted by Gasteiger charge is 2.26. The predicted molar refractivity (Wildman–Crippen MR) is 108 cm³/mol. The molecule has 0 aromatic heterocycles. The van der Waals surface area contributed by atoms with E-state index in [2.05, 4.69) is 30.2 Å². The zero-order chi connectivity index (χ0) is 19.9. The number of rotatable bonds is 9. The summed E-state index contributed by atoms with van der Waals surface area (Å²) >= 11 is 0. The van der Waals surface area contributed by atoms with Crippen molar-refractivity contribution >= 4 is 0 Å². The molecule has 0 radical (unpaired) electrons. The molecule has 1 heterocycles. The van der Waals surface area contributed by atoms with Gasteiger partial charge in [0.2, 0.25) is 5.75 Å². The predicted octanol–water partition coefficient (Wildman–Crippen LogP) is 4.17. The first-order valence-electron chi connectivity index (χ1n) is 9.38. The Labute approximate surface area is 166 Å². The number of ether oxygens (including phenoxy) is 3. The molecule has 1 aliphatic heterocycles. The van der Waals surface area contributed by atoms with Gasteiger partial charge in [-0.1, -0.05) is 37.3 Å². The van der Waals surface area contributed by atoms with Gasteiger partial charge in [0.1, 0.15) is 6.17 Å². The standard InChI is InChI=1S/C22H28N2O4/c1-5-21-23(11-12-24(21)28-16-17-9-7-6-8-10-17)15-18-13-19(25-2)22(27-4)20(14-18)26-3/h6-14,21H,5,15-16H2,1-4H3. The Morgan fingerprint density at radius 2 is 1.54 bits per heavy atom. The van der Waals surface area contributed by atoms with Crippen LogP contribution in [-0.2, 0) is 18.0 Å². The lowest BCUT2D eigenvalue weighted by Crippen LogP contribution is -2.37. The van der Waals surface area contributed by atoms with Crippen molar-refractivity contribution in [2.24, 2.45) is 0 Å². The Hall–Kier alpha value is -2.86. The van der Waals surface area contributed by atoms with E-state index in [0.29, 0.717) is 30.4 Å². The summed E-state index contributed by atoms with van der Waals surface area (Å²) in [6.07, 6.45) is 5.09. The molecule has 0 bridgehead atoms. The Bertz CT molecular complexity index is 769. The van der Waals surface area contributed by atoms with Crippen molar-refractivity contribution in [3.05, 3.63) is 66.0 Å². The van der Waals surface area contributed by atoms with Gasteiger partial charge in [-0.25, -0.2) is 5.06 Å². The van der Waals surface area contributed by atoms with E-state index >= 15 is 0 Å². The fourth-order valence-electron chi connectivity index (χ4n) is 3.36. The molecule has 0 N–H and O–H groups in total. The minimum Gasteiger partial charge on any atom is -0.493 e. The van der Waals surface area contributed by atoms with Crippen molar-refractivity contribution in [3.8, 4) is 17.2 Å². The van der Waals surface area contributed by atoms with Crippen LogP contribution in [0.5, 0.6) is 17.2 Å². The summed E-state index contributed by atoms with van der Waals surface area (Å²) in [5.74, 6) is 1.92. The maximum Gasteiger partial charge on any atom is 0.203 e. The first kappa shape index (κ1) is 19.9. The average Bonchev–Trinajstić information content (AvgIpc) is 3.13. The molecule has 0 fully saturated rings. The summed E-state index contributed by atoms with van der Waals surface area (Å²) in [6, 6.07) is 14.1. The van der Waals surface area contributed by atoms with Gasteiger partial charge < -0.3 is 19.1 Å². The molecule has 1 atom stereocenters. The van der Waals surface area contributed by atoms with E-state index in [-0.39, 0.29) is 6.17 Å². The van der Waals surface area contributed by atoms with Gasteiger partial charge in [-0.15, -0.1) is 0 Å². The van der Waals surface area contributed by atoms with Crippen LogP contribution in [0, 0.1) is 0 Å². The molecule has 150 valence electrons. The third-order valence-corrected chi connectivity index (χ3v) is 4.76. The molecule has 6 heteroatoms. The highest BCUT2D eigenvalue weighted by molar-refractivity contribution is 5.53. The normalized spacial score (nSPS) is 15.8. The molecule has 6 nitrogen and oxygen atoms in total. The van der Waals surface area contributed by atoms with E-state index in [4.69, 9.17) is 19.0 Å². The van der Waals surface area contributed by atoms with Crippen molar-refractivity contribution < 1.29 is 19.0 Å². The lowest BCUT2D eigenvalue weighted by Gasteiger charge is -2.31. The number of benzene rings is 2. The summed E-state index contributed by atoms with van der Waals surface area (Å²) in [5, 5.41) is 1.92. The van der Waals surface area contributed by atoms with Crippen LogP contribution in [0.25, 0.3) is 0 Å². The first-order chi connectivity index (χ1) is 13.7. The molecular weight excluding hydrogens is 356 g/mol. The molecule has 2 aromatic carbocycles. The van der Waals surface area contributed by atoms with Gasteiger partial charge >= 0.3 is 0 Å². The van der Waals surface area contributed by atoms with Crippen molar-refractivity contribution in [2.45, 2.75) is 32.7 Å². The molecule has 0 amide bonds. The third kappa shape index (κ3) is 4.34. The topological polar surface area (TPSA) is 43.4 Å². The van der Waals surface area contributed by atoms with E-state index in [1.807, 2.05) is 41.6 Å². The zero-order valence-electron chi connectivity index (χ0n) is 16.9. The van der Waals surface area contributed by atoms with Crippen LogP contribution in [-0.4, -0.2) is 37.5 Å². The van der Waals surface area contributed by atoms with Crippen molar-refractivity contribution in [2.75, 3.05) is 21.3 Å². The second-order valence-corrected chi connectivity index (χ2v) is 6.51. The van der Waals surface area contributed by atoms with Crippen LogP contribution in [0.2, 0.25) is 0 Å². The Morgan fingerprint density at radius 3 is 2.11 bits per heavy atom. The van der Waals surface area contributed by atoms with E-state index in [9.17, 15) is 0 Å². The lowest BCUT2D eigenvalue weighted by molar-refractivity contribution is -0.175. The number of hydroxylamine groups is 2. The fraction of sp³-hybridized carbons (Fsp3) is 0.364. The number of hydrogen-bond donors (Lipinski definition) is 0. The van der Waals surface area contributed by atoms with Gasteiger partial charge in [0.15, 0.2) is 11.5 Å². The molecule has 3 rings (SSSR count). The monoisotopic (exact) mass is 384 g/mol. The SMILES string of the molecule is CCC1N(Cc2cc(OC)c(OC)c(OC)c2)C=CN1OCc1ccccc1. The number of hydrogen-bond acceptors (Lipinski definition) is 6. The van der Waals surface area contributed by atoms with Crippen LogP contribution in [0.1, 0.15) is 24.5 Å². The molecule has 0 saturated heterocycles. The van der Waals surface area contributed by atoms with E-state index in [0.717, 1.165) is 17.5 Å². The third-order valence-electron chi connectivity index (χ3n) is 4.76. The fourth-order valence-corrected chi connectivity index (χ4v) is 3.36. The second-order valence-electron chi connectivity index (χ2n) is 6.51. The van der Waals surface area contributed by atoms with Crippen molar-refractivity contribution in [3.63, 3.8) is 0 Å². The Morgan fingerprint density at radius 1 is 0.857 bits per heavy atom. The summed E-state index contributed by atoms with van der Waals surface area (Å²) in [5.41, 5.74) is 2.22. The van der Waals surface area contributed by atoms with Gasteiger partial charge in [0, 0.05) is 18.9 Å². The van der Waals surface area contributed by atoms with E-state index < -0.39 is 0 Å². The van der Waals surface area contributed by atoms with Gasteiger partial charge in [-0.05, 0) is 29.7 Å². The highest BCUT2D eigenvalue weighted by atomic mass is 16.7. The number of nitrogens with zero attached hydrogens (tertiary/aromatic N) is 2. The lowest BCUT2D eigenvalue weighted by atomic mass is 10.1. The minimum absolute atomic E-state index is 0.128. The number of methoxy groups -OCH3 is 3. The van der Waals surface area contributed by atoms with Gasteiger partial charge in [-0.3, -0.25) is 4.84 Å². The first-order valence-corrected chi connectivity index (χ1v) is 9.38. The van der Waals surface area contributed by atoms with Crippen LogP contribution in [0.15, 0.2) is 54.9 Å². The smallest absolute Gasteiger partial charge is 0.203 e. The van der Waals surface area contributed by atoms with E-state index in [1.54, 1.807) is 21.3 Å². The van der Waals surface area contributed by atoms with Crippen LogP contribution in [0.4, 0.5) is 0 Å². The minimum atomic E-state index is 0.128. The molecule has 1 aliphatic rings. The largest absolute Gasteiger partial charge is 0.493 e. The Kier molecular flexibility index (Phi) is 6.66. The molecule has 0 spiro atoms. The molecule has 28 heavy (non-hydrogen) atoms. The summed E-state index contributed by atoms with van der Waals surface area (Å²) in [4.78, 5) is 8.26. The van der Waals surface area contributed by atoms with Gasteiger partial charge in [-0.2, -0.15) is 0 Å². The van der Waals surface area contributed by atoms with Crippen molar-refractivity contribution in [1.29, 1.82) is 0 Å². The summed E-state index contributed by atoms with van der Waals surface area (Å²) in [7, 11) is 4.87. The maximum atomic E-state index is 6.02. The highest BCUT2D eigenvalue weighted by Crippen LogP contribution is 2.39. The zero-order valence-corrected chi connectivity index (χ0v) is 16.9. The van der Waals surface area contributed by atoms with Crippen LogP contribution >= 0.6 is 0 Å². The molecule has 2 aromatic rings. The average molecular weight is 384 g/mol. The molecule has 0 aliphatic carbocycles. The molecule has 0 saturated carbocycles. The summed E-state index contributed by atoms with van der Waals surface area (Å²) in [6.45, 7) is 3.40. The van der Waals surface area contributed by atoms with Crippen LogP contribution < -0.4 is 14.2 Å². The molecular formula is C22H28N2O4. The van der Waals surface area contributed by atoms with E-state index in [1.165, 1.54) is 0 Å².